The van der Waals surface area contributed by atoms with Crippen molar-refractivity contribution in [3.8, 4) is 0 Å². The summed E-state index contributed by atoms with van der Waals surface area (Å²) in [5.74, 6) is 0.582. The van der Waals surface area contributed by atoms with Crippen LogP contribution in [0.3, 0.4) is 0 Å². The highest BCUT2D eigenvalue weighted by Gasteiger charge is 2.23. The van der Waals surface area contributed by atoms with Gasteiger partial charge in [0.25, 0.3) is 0 Å². The molecule has 3 rings (SSSR count). The van der Waals surface area contributed by atoms with Gasteiger partial charge in [0.05, 0.1) is 6.04 Å². The number of hydrogen-bond acceptors (Lipinski definition) is 2. The first-order chi connectivity index (χ1) is 10.1. The normalized spacial score (nSPS) is 20.8. The Kier molecular flexibility index (Phi) is 3.87. The van der Waals surface area contributed by atoms with E-state index in [1.807, 2.05) is 0 Å². The van der Waals surface area contributed by atoms with Crippen molar-refractivity contribution in [3.63, 3.8) is 0 Å². The summed E-state index contributed by atoms with van der Waals surface area (Å²) in [7, 11) is 0. The van der Waals surface area contributed by atoms with Gasteiger partial charge < -0.3 is 10.6 Å². The summed E-state index contributed by atoms with van der Waals surface area (Å²) in [5.41, 5.74) is 5.21. The van der Waals surface area contributed by atoms with Gasteiger partial charge in [0.1, 0.15) is 0 Å². The van der Waals surface area contributed by atoms with E-state index in [4.69, 9.17) is 0 Å². The number of benzene rings is 2. The van der Waals surface area contributed by atoms with Gasteiger partial charge in [-0.05, 0) is 48.6 Å². The molecule has 0 saturated carbocycles. The van der Waals surface area contributed by atoms with E-state index in [0.717, 1.165) is 6.42 Å². The van der Waals surface area contributed by atoms with Crippen LogP contribution in [0.1, 0.15) is 50.3 Å². The highest BCUT2D eigenvalue weighted by atomic mass is 15.0. The van der Waals surface area contributed by atoms with E-state index in [2.05, 4.69) is 79.9 Å². The molecular weight excluding hydrogens is 256 g/mol. The number of nitrogens with one attached hydrogen (secondary N) is 2. The molecule has 2 heteroatoms. The highest BCUT2D eigenvalue weighted by Crippen LogP contribution is 2.34. The van der Waals surface area contributed by atoms with Gasteiger partial charge in [-0.25, -0.2) is 0 Å². The summed E-state index contributed by atoms with van der Waals surface area (Å²) in [4.78, 5) is 0. The molecule has 110 valence electrons. The van der Waals surface area contributed by atoms with Crippen LogP contribution in [0.4, 0.5) is 11.4 Å². The average molecular weight is 280 g/mol. The van der Waals surface area contributed by atoms with Crippen molar-refractivity contribution in [3.05, 3.63) is 59.7 Å². The molecule has 2 aromatic rings. The number of hydrogen-bond donors (Lipinski definition) is 2. The zero-order valence-electron chi connectivity index (χ0n) is 13.1. The fourth-order valence-electron chi connectivity index (χ4n) is 3.04. The van der Waals surface area contributed by atoms with Crippen LogP contribution >= 0.6 is 0 Å². The molecule has 21 heavy (non-hydrogen) atoms. The summed E-state index contributed by atoms with van der Waals surface area (Å²) in [6, 6.07) is 18.3. The van der Waals surface area contributed by atoms with Gasteiger partial charge in [0.15, 0.2) is 0 Å². The third-order valence-electron chi connectivity index (χ3n) is 4.25. The Balaban J connectivity index is 1.81. The first-order valence-corrected chi connectivity index (χ1v) is 7.85. The van der Waals surface area contributed by atoms with E-state index >= 15 is 0 Å². The zero-order valence-corrected chi connectivity index (χ0v) is 13.1. The lowest BCUT2D eigenvalue weighted by molar-refractivity contribution is 0.600. The second kappa shape index (κ2) is 5.80. The molecule has 1 aliphatic rings. The van der Waals surface area contributed by atoms with Gasteiger partial charge in [0, 0.05) is 17.4 Å². The summed E-state index contributed by atoms with van der Waals surface area (Å²) < 4.78 is 0. The van der Waals surface area contributed by atoms with Crippen molar-refractivity contribution in [1.82, 2.24) is 0 Å². The van der Waals surface area contributed by atoms with Crippen molar-refractivity contribution in [1.29, 1.82) is 0 Å². The molecule has 2 nitrogen and oxygen atoms in total. The summed E-state index contributed by atoms with van der Waals surface area (Å²) in [6.07, 6.45) is 1.10. The third-order valence-corrected chi connectivity index (χ3v) is 4.25. The Bertz CT molecular complexity index is 601. The minimum Gasteiger partial charge on any atom is -0.382 e. The second-order valence-corrected chi connectivity index (χ2v) is 6.34. The van der Waals surface area contributed by atoms with E-state index in [1.54, 1.807) is 0 Å². The largest absolute Gasteiger partial charge is 0.382 e. The molecule has 0 aliphatic carbocycles. The van der Waals surface area contributed by atoms with Gasteiger partial charge in [-0.15, -0.1) is 0 Å². The maximum absolute atomic E-state index is 3.69. The first-order valence-electron chi connectivity index (χ1n) is 7.85. The Morgan fingerprint density at radius 1 is 1.05 bits per heavy atom. The molecule has 0 spiro atoms. The van der Waals surface area contributed by atoms with E-state index in [9.17, 15) is 0 Å². The Hall–Kier alpha value is -1.96. The van der Waals surface area contributed by atoms with Gasteiger partial charge in [-0.1, -0.05) is 44.2 Å². The molecule has 0 saturated heterocycles. The van der Waals surface area contributed by atoms with Gasteiger partial charge in [0.2, 0.25) is 0 Å². The molecule has 0 radical (unpaired) electrons. The molecule has 2 N–H and O–H groups in total. The summed E-state index contributed by atoms with van der Waals surface area (Å²) in [5, 5.41) is 7.25. The van der Waals surface area contributed by atoms with Crippen LogP contribution < -0.4 is 10.6 Å². The zero-order chi connectivity index (χ0) is 14.8. The first kappa shape index (κ1) is 14.0. The monoisotopic (exact) mass is 280 g/mol. The van der Waals surface area contributed by atoms with Crippen molar-refractivity contribution in [2.24, 2.45) is 0 Å². The average Bonchev–Trinajstić information content (AvgIpc) is 2.47. The van der Waals surface area contributed by atoms with Crippen LogP contribution in [0.25, 0.3) is 0 Å². The lowest BCUT2D eigenvalue weighted by Gasteiger charge is -2.32. The van der Waals surface area contributed by atoms with Gasteiger partial charge in [-0.2, -0.15) is 0 Å². The molecule has 0 bridgehead atoms. The van der Waals surface area contributed by atoms with Crippen LogP contribution in [-0.4, -0.2) is 6.04 Å². The lowest BCUT2D eigenvalue weighted by atomic mass is 9.93. The standard InChI is InChI=1S/C19H24N2/c1-13(2)15-8-10-16(11-9-15)21-19-12-14(3)20-18-7-5-4-6-17(18)19/h4-11,13-14,19-21H,12H2,1-3H3. The smallest absolute Gasteiger partial charge is 0.0553 e. The van der Waals surface area contributed by atoms with Gasteiger partial charge >= 0.3 is 0 Å². The molecule has 0 amide bonds. The minimum absolute atomic E-state index is 0.377. The molecule has 2 atom stereocenters. The predicted molar refractivity (Wildman–Crippen MR) is 91.0 cm³/mol. The van der Waals surface area contributed by atoms with E-state index in [0.29, 0.717) is 18.0 Å². The number of rotatable bonds is 3. The molecular formula is C19H24N2. The molecule has 2 aromatic carbocycles. The third kappa shape index (κ3) is 3.05. The van der Waals surface area contributed by atoms with Gasteiger partial charge in [-0.3, -0.25) is 0 Å². The minimum atomic E-state index is 0.377. The number of anilines is 2. The van der Waals surface area contributed by atoms with E-state index in [-0.39, 0.29) is 0 Å². The lowest BCUT2D eigenvalue weighted by Crippen LogP contribution is -2.28. The van der Waals surface area contributed by atoms with Crippen LogP contribution in [0.15, 0.2) is 48.5 Å². The Morgan fingerprint density at radius 3 is 2.48 bits per heavy atom. The van der Waals surface area contributed by atoms with Crippen LogP contribution in [-0.2, 0) is 0 Å². The van der Waals surface area contributed by atoms with Crippen LogP contribution in [0.5, 0.6) is 0 Å². The molecule has 2 unspecified atom stereocenters. The fourth-order valence-corrected chi connectivity index (χ4v) is 3.04. The van der Waals surface area contributed by atoms with Crippen molar-refractivity contribution in [2.45, 2.75) is 45.2 Å². The molecule has 1 aliphatic heterocycles. The molecule has 1 heterocycles. The summed E-state index contributed by atoms with van der Waals surface area (Å²) in [6.45, 7) is 6.70. The van der Waals surface area contributed by atoms with Crippen molar-refractivity contribution >= 4 is 11.4 Å². The highest BCUT2D eigenvalue weighted by molar-refractivity contribution is 5.58. The summed E-state index contributed by atoms with van der Waals surface area (Å²) >= 11 is 0. The van der Waals surface area contributed by atoms with E-state index < -0.39 is 0 Å². The predicted octanol–water partition coefficient (Wildman–Crippen LogP) is 5.17. The van der Waals surface area contributed by atoms with E-state index in [1.165, 1.54) is 22.5 Å². The Labute approximate surface area is 127 Å². The maximum Gasteiger partial charge on any atom is 0.0553 e. The fraction of sp³-hybridized carbons (Fsp3) is 0.368. The number of fused-ring (bicyclic) bond motifs is 1. The topological polar surface area (TPSA) is 24.1 Å². The Morgan fingerprint density at radius 2 is 1.76 bits per heavy atom. The maximum atomic E-state index is 3.69. The second-order valence-electron chi connectivity index (χ2n) is 6.34. The van der Waals surface area contributed by atoms with Crippen molar-refractivity contribution in [2.75, 3.05) is 10.6 Å². The van der Waals surface area contributed by atoms with Crippen LogP contribution in [0.2, 0.25) is 0 Å². The van der Waals surface area contributed by atoms with Crippen molar-refractivity contribution < 1.29 is 0 Å². The molecule has 0 aromatic heterocycles. The SMILES string of the molecule is CC1CC(Nc2ccc(C(C)C)cc2)c2ccccc2N1. The molecule has 0 fully saturated rings. The van der Waals surface area contributed by atoms with Crippen LogP contribution in [0, 0.1) is 0 Å². The number of para-hydroxylation sites is 1. The quantitative estimate of drug-likeness (QED) is 0.810.